The van der Waals surface area contributed by atoms with E-state index in [1.54, 1.807) is 0 Å². The summed E-state index contributed by atoms with van der Waals surface area (Å²) in [6.45, 7) is 4.15. The number of unbranched alkanes of at least 4 members (excludes halogenated alkanes) is 13. The number of carbonyl (C=O) groups excluding carboxylic acids is 2. The Kier molecular flexibility index (Phi) is 18.8. The van der Waals surface area contributed by atoms with Crippen LogP contribution >= 0.6 is 0 Å². The zero-order chi connectivity index (χ0) is 22.5. The van der Waals surface area contributed by atoms with Crippen molar-refractivity contribution in [1.29, 1.82) is 0 Å². The van der Waals surface area contributed by atoms with Gasteiger partial charge in [0.1, 0.15) is 0 Å². The van der Waals surface area contributed by atoms with E-state index in [9.17, 15) is 9.59 Å². The van der Waals surface area contributed by atoms with Crippen molar-refractivity contribution in [3.63, 3.8) is 0 Å². The highest BCUT2D eigenvalue weighted by Gasteiger charge is 2.09. The average molecular weight is 429 g/mol. The van der Waals surface area contributed by atoms with Crippen molar-refractivity contribution in [3.8, 4) is 0 Å². The number of hydrogen-bond donors (Lipinski definition) is 2. The van der Waals surface area contributed by atoms with E-state index in [1.807, 2.05) is 0 Å². The third-order valence-corrected chi connectivity index (χ3v) is 5.24. The molecule has 6 heteroatoms. The van der Waals surface area contributed by atoms with Crippen LogP contribution < -0.4 is 10.6 Å². The molecule has 0 heterocycles. The number of rotatable bonds is 19. The largest absolute Gasteiger partial charge is 0.449 e. The van der Waals surface area contributed by atoms with Crippen LogP contribution in [0.5, 0.6) is 0 Å². The molecule has 6 nitrogen and oxygen atoms in total. The van der Waals surface area contributed by atoms with Gasteiger partial charge in [-0.25, -0.2) is 14.9 Å². The van der Waals surface area contributed by atoms with Crippen LogP contribution in [0.25, 0.3) is 0 Å². The Morgan fingerprint density at radius 3 is 1.63 bits per heavy atom. The Morgan fingerprint density at radius 2 is 1.17 bits per heavy atom. The second-order valence-corrected chi connectivity index (χ2v) is 9.48. The molecular formula is C24H50N3O3+. The molecule has 3 amide bonds. The molecule has 0 saturated heterocycles. The molecule has 0 unspecified atom stereocenters. The predicted molar refractivity (Wildman–Crippen MR) is 126 cm³/mol. The fraction of sp³-hybridized carbons (Fsp3) is 0.917. The van der Waals surface area contributed by atoms with Crippen LogP contribution in [0.1, 0.15) is 103 Å². The summed E-state index contributed by atoms with van der Waals surface area (Å²) in [5, 5.41) is 4.89. The van der Waals surface area contributed by atoms with Crippen molar-refractivity contribution in [1.82, 2.24) is 10.6 Å². The minimum absolute atomic E-state index is 0.374. The first-order chi connectivity index (χ1) is 14.3. The van der Waals surface area contributed by atoms with E-state index in [1.165, 1.54) is 77.0 Å². The van der Waals surface area contributed by atoms with Gasteiger partial charge in [0, 0.05) is 13.0 Å². The maximum atomic E-state index is 11.6. The highest BCUT2D eigenvalue weighted by molar-refractivity contribution is 5.90. The number of carbonyl (C=O) groups is 2. The Balaban J connectivity index is 3.32. The van der Waals surface area contributed by atoms with Crippen LogP contribution in [0.2, 0.25) is 0 Å². The summed E-state index contributed by atoms with van der Waals surface area (Å²) in [6.07, 6.45) is 18.3. The molecule has 0 aliphatic heterocycles. The number of nitrogens with one attached hydrogen (secondary N) is 2. The Hall–Kier alpha value is -1.30. The molecular weight excluding hydrogens is 378 g/mol. The Morgan fingerprint density at radius 1 is 0.700 bits per heavy atom. The quantitative estimate of drug-likeness (QED) is 0.196. The molecule has 0 aromatic heterocycles. The standard InChI is InChI=1S/C24H49N3O3/c1-5-6-7-8-9-10-11-12-13-14-15-16-17-18-22-30-24(29)26-23(28)25-20-19-21-27(2,3)4/h5-22H2,1-4H3,(H-,25,26,28,29)/p+1. The van der Waals surface area contributed by atoms with Crippen molar-refractivity contribution in [2.45, 2.75) is 103 Å². The van der Waals surface area contributed by atoms with Gasteiger partial charge in [0.2, 0.25) is 0 Å². The van der Waals surface area contributed by atoms with Crippen molar-refractivity contribution in [2.24, 2.45) is 0 Å². The van der Waals surface area contributed by atoms with Gasteiger partial charge in [-0.2, -0.15) is 0 Å². The molecule has 0 bridgehead atoms. The summed E-state index contributed by atoms with van der Waals surface area (Å²) in [5.74, 6) is 0. The molecule has 0 saturated carbocycles. The van der Waals surface area contributed by atoms with E-state index in [0.29, 0.717) is 13.2 Å². The maximum Gasteiger partial charge on any atom is 0.415 e. The van der Waals surface area contributed by atoms with E-state index in [2.05, 4.69) is 38.7 Å². The van der Waals surface area contributed by atoms with E-state index < -0.39 is 12.1 Å². The maximum absolute atomic E-state index is 11.6. The molecule has 0 atom stereocenters. The normalized spacial score (nSPS) is 11.3. The molecule has 0 aromatic rings. The Labute approximate surface area is 186 Å². The first-order valence-corrected chi connectivity index (χ1v) is 12.4. The van der Waals surface area contributed by atoms with Crippen LogP contribution in [0.4, 0.5) is 9.59 Å². The number of alkyl carbamates (subject to hydrolysis) is 1. The number of hydrogen-bond acceptors (Lipinski definition) is 3. The van der Waals surface area contributed by atoms with Crippen LogP contribution in [0.15, 0.2) is 0 Å². The number of nitrogens with zero attached hydrogens (tertiary/aromatic N) is 1. The molecule has 0 aliphatic rings. The summed E-state index contributed by atoms with van der Waals surface area (Å²) in [7, 11) is 6.32. The second-order valence-electron chi connectivity index (χ2n) is 9.48. The van der Waals surface area contributed by atoms with Crippen molar-refractivity contribution >= 4 is 12.1 Å². The van der Waals surface area contributed by atoms with Gasteiger partial charge in [-0.3, -0.25) is 0 Å². The monoisotopic (exact) mass is 428 g/mol. The smallest absolute Gasteiger partial charge is 0.415 e. The lowest BCUT2D eigenvalue weighted by Crippen LogP contribution is -2.42. The lowest BCUT2D eigenvalue weighted by Gasteiger charge is -2.23. The molecule has 30 heavy (non-hydrogen) atoms. The number of quaternary nitrogens is 1. The van der Waals surface area contributed by atoms with Gasteiger partial charge in [-0.05, 0) is 6.42 Å². The van der Waals surface area contributed by atoms with Gasteiger partial charge in [0.05, 0.1) is 34.3 Å². The molecule has 0 aromatic carbocycles. The molecule has 2 N–H and O–H groups in total. The molecule has 178 valence electrons. The van der Waals surface area contributed by atoms with Crippen molar-refractivity contribution < 1.29 is 18.8 Å². The number of imide groups is 1. The highest BCUT2D eigenvalue weighted by Crippen LogP contribution is 2.12. The first kappa shape index (κ1) is 28.7. The average Bonchev–Trinajstić information content (AvgIpc) is 2.67. The number of ether oxygens (including phenoxy) is 1. The van der Waals surface area contributed by atoms with Crippen LogP contribution in [0.3, 0.4) is 0 Å². The van der Waals surface area contributed by atoms with E-state index >= 15 is 0 Å². The SMILES string of the molecule is CCCCCCCCCCCCCCCCOC(=O)NC(=O)NCCC[N+](C)(C)C. The molecule has 0 spiro atoms. The van der Waals surface area contributed by atoms with Crippen LogP contribution in [0, 0.1) is 0 Å². The fourth-order valence-electron chi connectivity index (χ4n) is 3.39. The van der Waals surface area contributed by atoms with Crippen LogP contribution in [-0.4, -0.2) is 57.4 Å². The van der Waals surface area contributed by atoms with E-state index in [-0.39, 0.29) is 0 Å². The minimum atomic E-state index is -0.659. The highest BCUT2D eigenvalue weighted by atomic mass is 16.5. The van der Waals surface area contributed by atoms with E-state index in [4.69, 9.17) is 4.74 Å². The topological polar surface area (TPSA) is 67.4 Å². The zero-order valence-corrected chi connectivity index (χ0v) is 20.4. The molecule has 0 fully saturated rings. The van der Waals surface area contributed by atoms with Gasteiger partial charge >= 0.3 is 12.1 Å². The van der Waals surface area contributed by atoms with Crippen molar-refractivity contribution in [2.75, 3.05) is 40.8 Å². The molecule has 0 radical (unpaired) electrons. The predicted octanol–water partition coefficient (Wildman–Crippen LogP) is 6.00. The van der Waals surface area contributed by atoms with Gasteiger partial charge in [-0.15, -0.1) is 0 Å². The third kappa shape index (κ3) is 23.0. The lowest BCUT2D eigenvalue weighted by atomic mass is 10.0. The third-order valence-electron chi connectivity index (χ3n) is 5.24. The van der Waals surface area contributed by atoms with Crippen LogP contribution in [-0.2, 0) is 4.74 Å². The minimum Gasteiger partial charge on any atom is -0.449 e. The van der Waals surface area contributed by atoms with Gasteiger partial charge in [-0.1, -0.05) is 90.4 Å². The summed E-state index contributed by atoms with van der Waals surface area (Å²) in [5.41, 5.74) is 0. The molecule has 0 rings (SSSR count). The zero-order valence-electron chi connectivity index (χ0n) is 20.4. The second kappa shape index (κ2) is 19.7. The summed E-state index contributed by atoms with van der Waals surface area (Å²) in [6, 6.07) is -0.484. The molecule has 0 aliphatic carbocycles. The first-order valence-electron chi connectivity index (χ1n) is 12.4. The number of amides is 3. The Bertz CT molecular complexity index is 422. The van der Waals surface area contributed by atoms with Gasteiger partial charge in [0.25, 0.3) is 0 Å². The fourth-order valence-corrected chi connectivity index (χ4v) is 3.39. The van der Waals surface area contributed by atoms with Gasteiger partial charge in [0.15, 0.2) is 0 Å². The van der Waals surface area contributed by atoms with Gasteiger partial charge < -0.3 is 14.5 Å². The van der Waals surface area contributed by atoms with E-state index in [0.717, 1.165) is 30.3 Å². The number of urea groups is 1. The summed E-state index contributed by atoms with van der Waals surface area (Å²) >= 11 is 0. The lowest BCUT2D eigenvalue weighted by molar-refractivity contribution is -0.870. The summed E-state index contributed by atoms with van der Waals surface area (Å²) in [4.78, 5) is 23.2. The van der Waals surface area contributed by atoms with Crippen molar-refractivity contribution in [3.05, 3.63) is 0 Å². The summed E-state index contributed by atoms with van der Waals surface area (Å²) < 4.78 is 5.92.